The van der Waals surface area contributed by atoms with Crippen LogP contribution in [-0.2, 0) is 0 Å². The number of nitriles is 1. The van der Waals surface area contributed by atoms with Crippen molar-refractivity contribution in [1.29, 1.82) is 5.26 Å². The number of nitrogens with two attached hydrogens (primary N) is 1. The van der Waals surface area contributed by atoms with Gasteiger partial charge in [-0.1, -0.05) is 23.2 Å². The molecule has 1 heterocycles. The second kappa shape index (κ2) is 6.44. The molecule has 120 valence electrons. The molecular formula is C17H12Cl2N4O. The minimum Gasteiger partial charge on any atom is -0.495 e. The van der Waals surface area contributed by atoms with Gasteiger partial charge in [-0.15, -0.1) is 0 Å². The molecule has 0 spiro atoms. The lowest BCUT2D eigenvalue weighted by atomic mass is 10.1. The molecule has 1 aromatic heterocycles. The molecule has 0 bridgehead atoms. The third kappa shape index (κ3) is 2.90. The summed E-state index contributed by atoms with van der Waals surface area (Å²) >= 11 is 12.3. The first kappa shape index (κ1) is 16.2. The van der Waals surface area contributed by atoms with E-state index in [2.05, 4.69) is 16.4 Å². The highest BCUT2D eigenvalue weighted by atomic mass is 35.5. The summed E-state index contributed by atoms with van der Waals surface area (Å²) in [6, 6.07) is 10.7. The molecule has 0 unspecified atom stereocenters. The largest absolute Gasteiger partial charge is 0.495 e. The van der Waals surface area contributed by atoms with Gasteiger partial charge in [-0.3, -0.25) is 4.98 Å². The van der Waals surface area contributed by atoms with Gasteiger partial charge >= 0.3 is 0 Å². The number of halogens is 2. The van der Waals surface area contributed by atoms with Crippen molar-refractivity contribution >= 4 is 51.2 Å². The summed E-state index contributed by atoms with van der Waals surface area (Å²) in [6.07, 6.45) is 1.50. The van der Waals surface area contributed by atoms with Crippen LogP contribution in [0.5, 0.6) is 5.75 Å². The van der Waals surface area contributed by atoms with Crippen LogP contribution in [0.4, 0.5) is 17.1 Å². The van der Waals surface area contributed by atoms with Crippen molar-refractivity contribution in [3.63, 3.8) is 0 Å². The van der Waals surface area contributed by atoms with Crippen molar-refractivity contribution in [2.45, 2.75) is 0 Å². The highest BCUT2D eigenvalue weighted by Gasteiger charge is 2.13. The molecule has 2 aromatic carbocycles. The minimum absolute atomic E-state index is 0.373. The molecule has 7 heteroatoms. The summed E-state index contributed by atoms with van der Waals surface area (Å²) in [5.41, 5.74) is 8.66. The Morgan fingerprint density at radius 1 is 1.21 bits per heavy atom. The molecule has 3 rings (SSSR count). The third-order valence-corrected chi connectivity index (χ3v) is 4.12. The normalized spacial score (nSPS) is 10.4. The van der Waals surface area contributed by atoms with E-state index in [9.17, 15) is 5.26 Å². The van der Waals surface area contributed by atoms with E-state index in [0.29, 0.717) is 43.9 Å². The molecule has 0 fully saturated rings. The lowest BCUT2D eigenvalue weighted by Gasteiger charge is -2.14. The maximum Gasteiger partial charge on any atom is 0.139 e. The third-order valence-electron chi connectivity index (χ3n) is 3.51. The van der Waals surface area contributed by atoms with Gasteiger partial charge in [0.2, 0.25) is 0 Å². The van der Waals surface area contributed by atoms with Gasteiger partial charge in [-0.05, 0) is 24.3 Å². The zero-order valence-corrected chi connectivity index (χ0v) is 14.1. The van der Waals surface area contributed by atoms with Crippen LogP contribution in [-0.4, -0.2) is 12.1 Å². The lowest BCUT2D eigenvalue weighted by Crippen LogP contribution is -1.99. The lowest BCUT2D eigenvalue weighted by molar-refractivity contribution is 0.415. The van der Waals surface area contributed by atoms with Gasteiger partial charge in [-0.25, -0.2) is 0 Å². The average Bonchev–Trinajstić information content (AvgIpc) is 2.57. The van der Waals surface area contributed by atoms with E-state index in [1.165, 1.54) is 13.3 Å². The molecule has 0 aliphatic heterocycles. The van der Waals surface area contributed by atoms with Crippen LogP contribution in [0.3, 0.4) is 0 Å². The fourth-order valence-electron chi connectivity index (χ4n) is 2.35. The maximum absolute atomic E-state index is 9.40. The Bertz CT molecular complexity index is 982. The number of rotatable bonds is 3. The Labute approximate surface area is 148 Å². The zero-order valence-electron chi connectivity index (χ0n) is 12.6. The van der Waals surface area contributed by atoms with Gasteiger partial charge in [0.05, 0.1) is 39.6 Å². The van der Waals surface area contributed by atoms with Crippen molar-refractivity contribution in [3.8, 4) is 11.8 Å². The van der Waals surface area contributed by atoms with Crippen LogP contribution >= 0.6 is 23.2 Å². The average molecular weight is 359 g/mol. The predicted molar refractivity (Wildman–Crippen MR) is 97.2 cm³/mol. The van der Waals surface area contributed by atoms with E-state index < -0.39 is 0 Å². The minimum atomic E-state index is 0.373. The number of methoxy groups -OCH3 is 1. The second-order valence-electron chi connectivity index (χ2n) is 5.03. The van der Waals surface area contributed by atoms with E-state index in [1.807, 2.05) is 0 Å². The highest BCUT2D eigenvalue weighted by molar-refractivity contribution is 6.37. The Morgan fingerprint density at radius 3 is 2.71 bits per heavy atom. The van der Waals surface area contributed by atoms with Crippen LogP contribution in [0.1, 0.15) is 5.56 Å². The number of nitrogens with one attached hydrogen (secondary N) is 1. The molecule has 0 saturated heterocycles. The topological polar surface area (TPSA) is 84.0 Å². The number of ether oxygens (including phenoxy) is 1. The summed E-state index contributed by atoms with van der Waals surface area (Å²) in [5.74, 6) is 0.472. The predicted octanol–water partition coefficient (Wildman–Crippen LogP) is 4.75. The van der Waals surface area contributed by atoms with Crippen LogP contribution in [0.15, 0.2) is 36.5 Å². The summed E-state index contributed by atoms with van der Waals surface area (Å²) in [7, 11) is 1.52. The number of benzene rings is 2. The van der Waals surface area contributed by atoms with E-state index in [-0.39, 0.29) is 0 Å². The van der Waals surface area contributed by atoms with Gasteiger partial charge in [0.15, 0.2) is 0 Å². The number of pyridine rings is 1. The fraction of sp³-hybridized carbons (Fsp3) is 0.0588. The number of hydrogen-bond acceptors (Lipinski definition) is 5. The standard InChI is InChI=1S/C17H12Cl2N4O/c1-24-16-6-15(12(18)5-13(16)19)23-17-9(7-20)8-22-14-3-2-10(21)4-11(14)17/h2-6,8H,21H2,1H3,(H,22,23). The molecular weight excluding hydrogens is 347 g/mol. The van der Waals surface area contributed by atoms with Crippen LogP contribution < -0.4 is 15.8 Å². The number of nitrogen functional groups attached to an aromatic ring is 1. The van der Waals surface area contributed by atoms with Gasteiger partial charge < -0.3 is 15.8 Å². The quantitative estimate of drug-likeness (QED) is 0.660. The molecule has 0 saturated carbocycles. The van der Waals surface area contributed by atoms with Crippen molar-refractivity contribution in [2.75, 3.05) is 18.2 Å². The molecule has 3 N–H and O–H groups in total. The fourth-order valence-corrected chi connectivity index (χ4v) is 2.85. The van der Waals surface area contributed by atoms with Crippen molar-refractivity contribution in [3.05, 3.63) is 52.1 Å². The molecule has 0 atom stereocenters. The van der Waals surface area contributed by atoms with E-state index in [0.717, 1.165) is 5.39 Å². The summed E-state index contributed by atoms with van der Waals surface area (Å²) in [6.45, 7) is 0. The first-order valence-corrected chi connectivity index (χ1v) is 7.67. The van der Waals surface area contributed by atoms with Crippen molar-refractivity contribution < 1.29 is 4.74 Å². The highest BCUT2D eigenvalue weighted by Crippen LogP contribution is 2.37. The number of aromatic nitrogens is 1. The molecule has 5 nitrogen and oxygen atoms in total. The molecule has 0 radical (unpaired) electrons. The molecule has 0 aliphatic rings. The van der Waals surface area contributed by atoms with Gasteiger partial charge in [0, 0.05) is 23.3 Å². The Hall–Kier alpha value is -2.68. The number of hydrogen-bond donors (Lipinski definition) is 2. The van der Waals surface area contributed by atoms with Gasteiger partial charge in [0.25, 0.3) is 0 Å². The van der Waals surface area contributed by atoms with Crippen molar-refractivity contribution in [1.82, 2.24) is 4.98 Å². The van der Waals surface area contributed by atoms with E-state index in [1.54, 1.807) is 30.3 Å². The summed E-state index contributed by atoms with van der Waals surface area (Å²) in [4.78, 5) is 4.27. The van der Waals surface area contributed by atoms with E-state index >= 15 is 0 Å². The number of nitrogens with zero attached hydrogens (tertiary/aromatic N) is 2. The zero-order chi connectivity index (χ0) is 17.3. The van der Waals surface area contributed by atoms with Crippen molar-refractivity contribution in [2.24, 2.45) is 0 Å². The monoisotopic (exact) mass is 358 g/mol. The first-order valence-electron chi connectivity index (χ1n) is 6.92. The molecule has 0 aliphatic carbocycles. The van der Waals surface area contributed by atoms with Crippen LogP contribution in [0, 0.1) is 11.3 Å². The number of fused-ring (bicyclic) bond motifs is 1. The van der Waals surface area contributed by atoms with Crippen LogP contribution in [0.25, 0.3) is 10.9 Å². The Balaban J connectivity index is 2.20. The molecule has 0 amide bonds. The second-order valence-corrected chi connectivity index (χ2v) is 5.84. The molecule has 3 aromatic rings. The number of anilines is 3. The van der Waals surface area contributed by atoms with Gasteiger partial charge in [0.1, 0.15) is 11.8 Å². The summed E-state index contributed by atoms with van der Waals surface area (Å²) in [5, 5.41) is 14.1. The SMILES string of the molecule is COc1cc(Nc2c(C#N)cnc3ccc(N)cc23)c(Cl)cc1Cl. The van der Waals surface area contributed by atoms with Crippen LogP contribution in [0.2, 0.25) is 10.0 Å². The van der Waals surface area contributed by atoms with Gasteiger partial charge in [-0.2, -0.15) is 5.26 Å². The Kier molecular flexibility index (Phi) is 4.34. The van der Waals surface area contributed by atoms with E-state index in [4.69, 9.17) is 33.7 Å². The maximum atomic E-state index is 9.40. The first-order chi connectivity index (χ1) is 11.5. The Morgan fingerprint density at radius 2 is 2.00 bits per heavy atom. The summed E-state index contributed by atoms with van der Waals surface area (Å²) < 4.78 is 5.21. The smallest absolute Gasteiger partial charge is 0.139 e. The molecule has 24 heavy (non-hydrogen) atoms.